The Balaban J connectivity index is 1.91. The fourth-order valence-electron chi connectivity index (χ4n) is 1.81. The van der Waals surface area contributed by atoms with E-state index in [9.17, 15) is 0 Å². The number of aromatic amines is 1. The van der Waals surface area contributed by atoms with E-state index in [-0.39, 0.29) is 6.61 Å². The molecule has 2 N–H and O–H groups in total. The number of thiophene rings is 1. The molecule has 100 valence electrons. The molecule has 0 bridgehead atoms. The molecule has 4 nitrogen and oxygen atoms in total. The van der Waals surface area contributed by atoms with Crippen molar-refractivity contribution in [3.63, 3.8) is 0 Å². The number of aryl methyl sites for hydroxylation is 1. The van der Waals surface area contributed by atoms with Gasteiger partial charge >= 0.3 is 0 Å². The number of H-pyrrole nitrogens is 1. The number of aromatic nitrogens is 2. The molecule has 0 aromatic carbocycles. The molecule has 0 amide bonds. The van der Waals surface area contributed by atoms with E-state index in [0.717, 1.165) is 29.4 Å². The molecule has 2 aromatic rings. The first kappa shape index (κ1) is 13.8. The predicted molar refractivity (Wildman–Crippen MR) is 76.8 cm³/mol. The molecule has 0 aliphatic carbocycles. The second-order valence-corrected chi connectivity index (χ2v) is 5.61. The zero-order valence-electron chi connectivity index (χ0n) is 11.1. The highest BCUT2D eigenvalue weighted by Gasteiger charge is 2.06. The molecule has 0 atom stereocenters. The maximum Gasteiger partial charge on any atom is 0.104 e. The summed E-state index contributed by atoms with van der Waals surface area (Å²) in [6.07, 6.45) is 0. The Bertz CT molecular complexity index is 591. The van der Waals surface area contributed by atoms with Gasteiger partial charge in [0.05, 0.1) is 10.6 Å². The van der Waals surface area contributed by atoms with Crippen LogP contribution in [0.3, 0.4) is 0 Å². The number of rotatable bonds is 4. The van der Waals surface area contributed by atoms with Gasteiger partial charge in [-0.05, 0) is 32.2 Å². The molecule has 0 unspecified atom stereocenters. The molecule has 0 saturated heterocycles. The van der Waals surface area contributed by atoms with Crippen molar-refractivity contribution in [2.45, 2.75) is 20.0 Å². The third-order valence-electron chi connectivity index (χ3n) is 2.57. The topological polar surface area (TPSA) is 52.1 Å². The van der Waals surface area contributed by atoms with Gasteiger partial charge in [-0.1, -0.05) is 11.8 Å². The highest BCUT2D eigenvalue weighted by molar-refractivity contribution is 7.12. The van der Waals surface area contributed by atoms with Crippen LogP contribution in [0.1, 0.15) is 21.1 Å². The Morgan fingerprint density at radius 3 is 2.95 bits per heavy atom. The third-order valence-corrected chi connectivity index (χ3v) is 3.55. The van der Waals surface area contributed by atoms with Crippen molar-refractivity contribution in [2.24, 2.45) is 0 Å². The summed E-state index contributed by atoms with van der Waals surface area (Å²) < 4.78 is 0. The van der Waals surface area contributed by atoms with Crippen LogP contribution in [0, 0.1) is 18.8 Å². The lowest BCUT2D eigenvalue weighted by Gasteiger charge is -2.13. The van der Waals surface area contributed by atoms with Crippen molar-refractivity contribution >= 4 is 11.3 Å². The number of hydrogen-bond acceptors (Lipinski definition) is 4. The molecule has 2 aromatic heterocycles. The number of aliphatic hydroxyl groups excluding tert-OH is 1. The van der Waals surface area contributed by atoms with Crippen molar-refractivity contribution in [3.8, 4) is 11.8 Å². The quantitative estimate of drug-likeness (QED) is 0.836. The average molecular weight is 275 g/mol. The van der Waals surface area contributed by atoms with Crippen LogP contribution >= 0.6 is 11.3 Å². The van der Waals surface area contributed by atoms with Crippen LogP contribution in [0.15, 0.2) is 18.2 Å². The van der Waals surface area contributed by atoms with Gasteiger partial charge in [0.1, 0.15) is 6.61 Å². The molecule has 0 aliphatic heterocycles. The zero-order chi connectivity index (χ0) is 13.7. The minimum atomic E-state index is -0.0916. The Morgan fingerprint density at radius 2 is 2.26 bits per heavy atom. The normalized spacial score (nSPS) is 10.5. The van der Waals surface area contributed by atoms with Crippen LogP contribution in [0.5, 0.6) is 0 Å². The van der Waals surface area contributed by atoms with Gasteiger partial charge in [-0.25, -0.2) is 0 Å². The maximum absolute atomic E-state index is 8.66. The SMILES string of the molecule is Cc1cc(CN(C)Cc2ccc(C#CCO)s2)n[nH]1. The van der Waals surface area contributed by atoms with E-state index in [1.54, 1.807) is 11.3 Å². The molecule has 5 heteroatoms. The van der Waals surface area contributed by atoms with Gasteiger partial charge in [0.25, 0.3) is 0 Å². The first-order chi connectivity index (χ1) is 9.17. The fourth-order valence-corrected chi connectivity index (χ4v) is 2.77. The van der Waals surface area contributed by atoms with Crippen molar-refractivity contribution in [1.82, 2.24) is 15.1 Å². The first-order valence-corrected chi connectivity index (χ1v) is 6.87. The Kier molecular flexibility index (Phi) is 4.74. The fraction of sp³-hybridized carbons (Fsp3) is 0.357. The summed E-state index contributed by atoms with van der Waals surface area (Å²) in [6.45, 7) is 3.60. The summed E-state index contributed by atoms with van der Waals surface area (Å²) in [5, 5.41) is 15.8. The van der Waals surface area contributed by atoms with E-state index >= 15 is 0 Å². The van der Waals surface area contributed by atoms with E-state index in [0.29, 0.717) is 0 Å². The molecule has 0 saturated carbocycles. The molecular formula is C14H17N3OS. The number of aliphatic hydroxyl groups is 1. The van der Waals surface area contributed by atoms with E-state index in [1.165, 1.54) is 4.88 Å². The van der Waals surface area contributed by atoms with Gasteiger partial charge in [-0.3, -0.25) is 10.00 Å². The lowest BCUT2D eigenvalue weighted by molar-refractivity contribution is 0.318. The molecule has 19 heavy (non-hydrogen) atoms. The van der Waals surface area contributed by atoms with Gasteiger partial charge in [-0.15, -0.1) is 11.3 Å². The second-order valence-electron chi connectivity index (χ2n) is 4.44. The monoisotopic (exact) mass is 275 g/mol. The summed E-state index contributed by atoms with van der Waals surface area (Å²) in [5.74, 6) is 5.59. The van der Waals surface area contributed by atoms with E-state index in [1.807, 2.05) is 13.0 Å². The summed E-state index contributed by atoms with van der Waals surface area (Å²) in [7, 11) is 2.07. The van der Waals surface area contributed by atoms with Gasteiger partial charge in [0.15, 0.2) is 0 Å². The van der Waals surface area contributed by atoms with Crippen LogP contribution in [-0.2, 0) is 13.1 Å². The standard InChI is InChI=1S/C14H17N3OS/c1-11-8-12(16-15-11)9-17(2)10-14-6-5-13(19-14)4-3-7-18/h5-6,8,18H,7,9-10H2,1-2H3,(H,15,16). The first-order valence-electron chi connectivity index (χ1n) is 6.05. The lowest BCUT2D eigenvalue weighted by Crippen LogP contribution is -2.16. The Hall–Kier alpha value is -1.61. The zero-order valence-corrected chi connectivity index (χ0v) is 11.9. The molecule has 0 aliphatic rings. The average Bonchev–Trinajstić information content (AvgIpc) is 2.96. The van der Waals surface area contributed by atoms with E-state index in [4.69, 9.17) is 5.11 Å². The molecule has 2 rings (SSSR count). The van der Waals surface area contributed by atoms with Crippen LogP contribution in [-0.4, -0.2) is 33.9 Å². The Labute approximate surface area is 117 Å². The summed E-state index contributed by atoms with van der Waals surface area (Å²) >= 11 is 1.66. The van der Waals surface area contributed by atoms with E-state index in [2.05, 4.69) is 46.1 Å². The smallest absolute Gasteiger partial charge is 0.104 e. The molecule has 2 heterocycles. The second kappa shape index (κ2) is 6.53. The lowest BCUT2D eigenvalue weighted by atomic mass is 10.3. The number of nitrogens with zero attached hydrogens (tertiary/aromatic N) is 2. The highest BCUT2D eigenvalue weighted by atomic mass is 32.1. The van der Waals surface area contributed by atoms with Gasteiger partial charge in [-0.2, -0.15) is 5.10 Å². The van der Waals surface area contributed by atoms with Crippen LogP contribution in [0.2, 0.25) is 0 Å². The molecular weight excluding hydrogens is 258 g/mol. The van der Waals surface area contributed by atoms with Crippen LogP contribution < -0.4 is 0 Å². The van der Waals surface area contributed by atoms with E-state index < -0.39 is 0 Å². The van der Waals surface area contributed by atoms with Crippen molar-refractivity contribution in [1.29, 1.82) is 0 Å². The van der Waals surface area contributed by atoms with Crippen molar-refractivity contribution in [3.05, 3.63) is 39.3 Å². The minimum absolute atomic E-state index is 0.0916. The third kappa shape index (κ3) is 4.21. The van der Waals surface area contributed by atoms with Gasteiger partial charge < -0.3 is 5.11 Å². The number of nitrogens with one attached hydrogen (secondary N) is 1. The summed E-state index contributed by atoms with van der Waals surface area (Å²) in [6, 6.07) is 6.14. The molecule has 0 radical (unpaired) electrons. The maximum atomic E-state index is 8.66. The van der Waals surface area contributed by atoms with Crippen molar-refractivity contribution in [2.75, 3.05) is 13.7 Å². The van der Waals surface area contributed by atoms with Crippen molar-refractivity contribution < 1.29 is 5.11 Å². The highest BCUT2D eigenvalue weighted by Crippen LogP contribution is 2.17. The Morgan fingerprint density at radius 1 is 1.42 bits per heavy atom. The molecule has 0 fully saturated rings. The summed E-state index contributed by atoms with van der Waals surface area (Å²) in [5.41, 5.74) is 2.14. The molecule has 0 spiro atoms. The largest absolute Gasteiger partial charge is 0.384 e. The minimum Gasteiger partial charge on any atom is -0.384 e. The number of hydrogen-bond donors (Lipinski definition) is 2. The summed E-state index contributed by atoms with van der Waals surface area (Å²) in [4.78, 5) is 4.47. The van der Waals surface area contributed by atoms with Crippen LogP contribution in [0.4, 0.5) is 0 Å². The van der Waals surface area contributed by atoms with Gasteiger partial charge in [0.2, 0.25) is 0 Å². The van der Waals surface area contributed by atoms with Crippen LogP contribution in [0.25, 0.3) is 0 Å². The van der Waals surface area contributed by atoms with Gasteiger partial charge in [0, 0.05) is 23.7 Å². The predicted octanol–water partition coefficient (Wildman–Crippen LogP) is 1.76.